The van der Waals surface area contributed by atoms with Crippen LogP contribution in [0.2, 0.25) is 0 Å². The van der Waals surface area contributed by atoms with E-state index in [1.54, 1.807) is 6.07 Å². The summed E-state index contributed by atoms with van der Waals surface area (Å²) in [4.78, 5) is 14.8. The molecule has 0 fully saturated rings. The first-order valence-corrected chi connectivity index (χ1v) is 5.84. The molecule has 4 nitrogen and oxygen atoms in total. The van der Waals surface area contributed by atoms with Crippen molar-refractivity contribution >= 4 is 5.97 Å². The molecule has 0 spiro atoms. The van der Waals surface area contributed by atoms with E-state index in [2.05, 4.69) is 31.1 Å². The predicted octanol–water partition coefficient (Wildman–Crippen LogP) is 2.31. The first-order valence-electron chi connectivity index (χ1n) is 5.84. The number of pyridine rings is 1. The number of nitrogens with zero attached hydrogens (tertiary/aromatic N) is 1. The fourth-order valence-corrected chi connectivity index (χ4v) is 1.35. The van der Waals surface area contributed by atoms with Crippen LogP contribution in [0.4, 0.5) is 0 Å². The molecule has 1 aromatic rings. The van der Waals surface area contributed by atoms with E-state index in [9.17, 15) is 4.79 Å². The van der Waals surface area contributed by atoms with Gasteiger partial charge < -0.3 is 10.4 Å². The zero-order valence-corrected chi connectivity index (χ0v) is 10.7. The molecule has 0 saturated heterocycles. The van der Waals surface area contributed by atoms with Gasteiger partial charge in [0.15, 0.2) is 0 Å². The smallest absolute Gasteiger partial charge is 0.354 e. The number of carboxylic acids is 1. The maximum absolute atomic E-state index is 10.7. The molecule has 94 valence electrons. The Hall–Kier alpha value is -1.42. The van der Waals surface area contributed by atoms with E-state index in [0.29, 0.717) is 6.54 Å². The van der Waals surface area contributed by atoms with E-state index in [4.69, 9.17) is 5.11 Å². The summed E-state index contributed by atoms with van der Waals surface area (Å²) in [5, 5.41) is 12.1. The molecule has 0 atom stereocenters. The van der Waals surface area contributed by atoms with Crippen molar-refractivity contribution in [3.63, 3.8) is 0 Å². The molecular formula is C13H20N2O2. The van der Waals surface area contributed by atoms with Gasteiger partial charge in [-0.25, -0.2) is 9.78 Å². The molecule has 1 rings (SSSR count). The standard InChI is InChI=1S/C13H20N2O2/c1-4-13(2,3)9-14-8-10-6-5-7-11(15-10)12(16)17/h5-7,14H,4,8-9H2,1-3H3,(H,16,17). The van der Waals surface area contributed by atoms with Gasteiger partial charge in [-0.2, -0.15) is 0 Å². The number of hydrogen-bond acceptors (Lipinski definition) is 3. The Morgan fingerprint density at radius 1 is 1.47 bits per heavy atom. The number of aromatic nitrogens is 1. The minimum atomic E-state index is -0.985. The minimum absolute atomic E-state index is 0.0963. The Bertz CT molecular complexity index is 389. The van der Waals surface area contributed by atoms with Crippen molar-refractivity contribution in [1.29, 1.82) is 0 Å². The molecule has 1 aromatic heterocycles. The first kappa shape index (κ1) is 13.6. The highest BCUT2D eigenvalue weighted by Gasteiger charge is 2.14. The zero-order chi connectivity index (χ0) is 12.9. The van der Waals surface area contributed by atoms with E-state index in [-0.39, 0.29) is 11.1 Å². The van der Waals surface area contributed by atoms with Gasteiger partial charge in [0.2, 0.25) is 0 Å². The van der Waals surface area contributed by atoms with Crippen LogP contribution in [0.25, 0.3) is 0 Å². The van der Waals surface area contributed by atoms with Crippen molar-refractivity contribution in [2.24, 2.45) is 5.41 Å². The van der Waals surface area contributed by atoms with Crippen molar-refractivity contribution in [3.8, 4) is 0 Å². The van der Waals surface area contributed by atoms with Crippen molar-refractivity contribution in [3.05, 3.63) is 29.6 Å². The number of aromatic carboxylic acids is 1. The predicted molar refractivity (Wildman–Crippen MR) is 67.0 cm³/mol. The number of carbonyl (C=O) groups is 1. The summed E-state index contributed by atoms with van der Waals surface area (Å²) in [6, 6.07) is 5.05. The monoisotopic (exact) mass is 236 g/mol. The van der Waals surface area contributed by atoms with Gasteiger partial charge in [-0.15, -0.1) is 0 Å². The van der Waals surface area contributed by atoms with E-state index in [1.807, 2.05) is 6.07 Å². The number of nitrogens with one attached hydrogen (secondary N) is 1. The molecule has 17 heavy (non-hydrogen) atoms. The third kappa shape index (κ3) is 4.53. The van der Waals surface area contributed by atoms with Crippen LogP contribution in [-0.2, 0) is 6.54 Å². The maximum Gasteiger partial charge on any atom is 0.354 e. The second-order valence-corrected chi connectivity index (χ2v) is 4.94. The van der Waals surface area contributed by atoms with Gasteiger partial charge in [0.05, 0.1) is 5.69 Å². The SMILES string of the molecule is CCC(C)(C)CNCc1cccc(C(=O)O)n1. The van der Waals surface area contributed by atoms with E-state index in [1.165, 1.54) is 6.07 Å². The molecule has 2 N–H and O–H groups in total. The second kappa shape index (κ2) is 5.77. The molecule has 0 bridgehead atoms. The molecule has 0 unspecified atom stereocenters. The Morgan fingerprint density at radius 3 is 2.76 bits per heavy atom. The lowest BCUT2D eigenvalue weighted by Gasteiger charge is -2.22. The molecule has 0 aliphatic carbocycles. The first-order chi connectivity index (χ1) is 7.94. The van der Waals surface area contributed by atoms with E-state index in [0.717, 1.165) is 18.7 Å². The zero-order valence-electron chi connectivity index (χ0n) is 10.7. The van der Waals surface area contributed by atoms with Crippen molar-refractivity contribution in [2.45, 2.75) is 33.7 Å². The van der Waals surface area contributed by atoms with Gasteiger partial charge in [0.25, 0.3) is 0 Å². The van der Waals surface area contributed by atoms with Crippen LogP contribution in [0.15, 0.2) is 18.2 Å². The van der Waals surface area contributed by atoms with Gasteiger partial charge in [-0.1, -0.05) is 26.8 Å². The molecule has 4 heteroatoms. The summed E-state index contributed by atoms with van der Waals surface area (Å²) in [7, 11) is 0. The highest BCUT2D eigenvalue weighted by Crippen LogP contribution is 2.17. The molecule has 1 heterocycles. The van der Waals surface area contributed by atoms with Crippen LogP contribution in [-0.4, -0.2) is 22.6 Å². The molecule has 0 aromatic carbocycles. The highest BCUT2D eigenvalue weighted by atomic mass is 16.4. The largest absolute Gasteiger partial charge is 0.477 e. The normalized spacial score (nSPS) is 11.5. The quantitative estimate of drug-likeness (QED) is 0.795. The minimum Gasteiger partial charge on any atom is -0.477 e. The fraction of sp³-hybridized carbons (Fsp3) is 0.538. The van der Waals surface area contributed by atoms with Crippen molar-refractivity contribution in [2.75, 3.05) is 6.54 Å². The lowest BCUT2D eigenvalue weighted by molar-refractivity contribution is 0.0690. The third-order valence-electron chi connectivity index (χ3n) is 2.89. The van der Waals surface area contributed by atoms with Gasteiger partial charge in [0.1, 0.15) is 5.69 Å². The summed E-state index contributed by atoms with van der Waals surface area (Å²) < 4.78 is 0. The Kier molecular flexibility index (Phi) is 4.63. The summed E-state index contributed by atoms with van der Waals surface area (Å²) in [5.41, 5.74) is 1.11. The topological polar surface area (TPSA) is 62.2 Å². The third-order valence-corrected chi connectivity index (χ3v) is 2.89. The summed E-state index contributed by atoms with van der Waals surface area (Å²) >= 11 is 0. The Labute approximate surface area is 102 Å². The second-order valence-electron chi connectivity index (χ2n) is 4.94. The van der Waals surface area contributed by atoms with Crippen LogP contribution in [0.1, 0.15) is 43.4 Å². The Morgan fingerprint density at radius 2 is 2.18 bits per heavy atom. The summed E-state index contributed by atoms with van der Waals surface area (Å²) in [5.74, 6) is -0.985. The lowest BCUT2D eigenvalue weighted by Crippen LogP contribution is -2.28. The summed E-state index contributed by atoms with van der Waals surface area (Å²) in [6.07, 6.45) is 1.10. The molecule has 0 amide bonds. The van der Waals surface area contributed by atoms with Gasteiger partial charge in [0, 0.05) is 13.1 Å². The van der Waals surface area contributed by atoms with Crippen LogP contribution in [0.3, 0.4) is 0 Å². The fourth-order valence-electron chi connectivity index (χ4n) is 1.35. The van der Waals surface area contributed by atoms with Crippen LogP contribution in [0.5, 0.6) is 0 Å². The van der Waals surface area contributed by atoms with Crippen LogP contribution < -0.4 is 5.32 Å². The van der Waals surface area contributed by atoms with Gasteiger partial charge in [-0.3, -0.25) is 0 Å². The average Bonchev–Trinajstić information content (AvgIpc) is 2.29. The van der Waals surface area contributed by atoms with E-state index >= 15 is 0 Å². The molecular weight excluding hydrogens is 216 g/mol. The number of carboxylic acid groups (broad SMARTS) is 1. The van der Waals surface area contributed by atoms with Gasteiger partial charge >= 0.3 is 5.97 Å². The summed E-state index contributed by atoms with van der Waals surface area (Å²) in [6.45, 7) is 8.04. The molecule has 0 radical (unpaired) electrons. The van der Waals surface area contributed by atoms with Gasteiger partial charge in [-0.05, 0) is 24.0 Å². The van der Waals surface area contributed by atoms with Crippen LogP contribution in [0, 0.1) is 5.41 Å². The molecule has 0 aliphatic rings. The van der Waals surface area contributed by atoms with Crippen LogP contribution >= 0.6 is 0 Å². The molecule has 0 saturated carbocycles. The van der Waals surface area contributed by atoms with Crippen molar-refractivity contribution < 1.29 is 9.90 Å². The Balaban J connectivity index is 2.52. The highest BCUT2D eigenvalue weighted by molar-refractivity contribution is 5.85. The van der Waals surface area contributed by atoms with E-state index < -0.39 is 5.97 Å². The molecule has 0 aliphatic heterocycles. The average molecular weight is 236 g/mol. The lowest BCUT2D eigenvalue weighted by atomic mass is 9.90. The van der Waals surface area contributed by atoms with Crippen molar-refractivity contribution in [1.82, 2.24) is 10.3 Å². The maximum atomic E-state index is 10.7. The number of rotatable bonds is 6. The number of hydrogen-bond donors (Lipinski definition) is 2.